The average Bonchev–Trinajstić information content (AvgIpc) is 3.59. The molecule has 2 aromatic carbocycles. The van der Waals surface area contributed by atoms with Gasteiger partial charge in [-0.2, -0.15) is 0 Å². The second-order valence-electron chi connectivity index (χ2n) is 9.62. The van der Waals surface area contributed by atoms with Crippen molar-refractivity contribution in [3.63, 3.8) is 0 Å². The molecule has 1 spiro atoms. The Balaban J connectivity index is 1.20. The quantitative estimate of drug-likeness (QED) is 0.497. The Kier molecular flexibility index (Phi) is 6.91. The molecular weight excluding hydrogens is 468 g/mol. The molecule has 2 saturated heterocycles. The van der Waals surface area contributed by atoms with Crippen LogP contribution in [0.25, 0.3) is 0 Å². The number of likely N-dealkylation sites (tertiary alicyclic amines) is 2. The van der Waals surface area contributed by atoms with Gasteiger partial charge in [-0.25, -0.2) is 0 Å². The molecule has 2 aliphatic rings. The summed E-state index contributed by atoms with van der Waals surface area (Å²) in [5, 5.41) is 0. The van der Waals surface area contributed by atoms with E-state index in [-0.39, 0.29) is 17.2 Å². The highest BCUT2D eigenvalue weighted by atomic mass is 16.5. The van der Waals surface area contributed by atoms with Crippen molar-refractivity contribution in [2.75, 3.05) is 40.4 Å². The summed E-state index contributed by atoms with van der Waals surface area (Å²) in [7, 11) is 3.14. The van der Waals surface area contributed by atoms with Crippen molar-refractivity contribution in [2.24, 2.45) is 5.41 Å². The fourth-order valence-electron chi connectivity index (χ4n) is 5.18. The van der Waals surface area contributed by atoms with Crippen molar-refractivity contribution in [3.05, 3.63) is 83.3 Å². The molecule has 1 aromatic heterocycles. The van der Waals surface area contributed by atoms with E-state index in [0.29, 0.717) is 54.8 Å². The maximum absolute atomic E-state index is 13.3. The lowest BCUT2D eigenvalue weighted by Gasteiger charge is -2.39. The zero-order valence-corrected chi connectivity index (χ0v) is 21.2. The van der Waals surface area contributed by atoms with E-state index in [1.807, 2.05) is 40.1 Å². The van der Waals surface area contributed by atoms with Crippen LogP contribution >= 0.6 is 0 Å². The molecule has 7 nitrogen and oxygen atoms in total. The third-order valence-corrected chi connectivity index (χ3v) is 7.39. The number of furan rings is 1. The fourth-order valence-corrected chi connectivity index (χ4v) is 5.18. The molecule has 190 valence electrons. The highest BCUT2D eigenvalue weighted by Crippen LogP contribution is 2.41. The first-order chi connectivity index (χ1) is 18.0. The number of nitrogens with zero attached hydrogens (tertiary/aromatic N) is 2. The molecule has 2 fully saturated rings. The number of ether oxygens (including phenoxy) is 2. The SMILES string of the molecule is COc1ccc(OC)c(C(=O)N2CCC3(CCN(C(=O)c4ccc(C#Cc5ccccc5)o4)C3)CC2)c1. The van der Waals surface area contributed by atoms with Gasteiger partial charge in [0.05, 0.1) is 19.8 Å². The highest BCUT2D eigenvalue weighted by Gasteiger charge is 2.43. The topological polar surface area (TPSA) is 72.2 Å². The van der Waals surface area contributed by atoms with Crippen molar-refractivity contribution in [2.45, 2.75) is 19.3 Å². The van der Waals surface area contributed by atoms with E-state index < -0.39 is 0 Å². The number of benzene rings is 2. The summed E-state index contributed by atoms with van der Waals surface area (Å²) < 4.78 is 16.5. The lowest BCUT2D eigenvalue weighted by Crippen LogP contribution is -2.44. The van der Waals surface area contributed by atoms with Crippen LogP contribution in [-0.4, -0.2) is 62.0 Å². The second kappa shape index (κ2) is 10.4. The number of rotatable bonds is 4. The predicted octanol–water partition coefficient (Wildman–Crippen LogP) is 4.47. The standard InChI is InChI=1S/C30H30N2O5/c1-35-24-11-12-26(36-2)25(20-24)28(33)31-17-14-30(15-18-31)16-19-32(21-30)29(34)27-13-10-23(37-27)9-8-22-6-4-3-5-7-22/h3-7,10-13,20H,14-19,21H2,1-2H3. The van der Waals surface area contributed by atoms with Crippen molar-refractivity contribution < 1.29 is 23.5 Å². The van der Waals surface area contributed by atoms with Crippen LogP contribution in [0.2, 0.25) is 0 Å². The van der Waals surface area contributed by atoms with Crippen molar-refractivity contribution >= 4 is 11.8 Å². The van der Waals surface area contributed by atoms with Gasteiger partial charge in [-0.05, 0) is 73.1 Å². The average molecular weight is 499 g/mol. The monoisotopic (exact) mass is 498 g/mol. The van der Waals surface area contributed by atoms with E-state index in [0.717, 1.165) is 24.8 Å². The molecule has 3 heterocycles. The number of methoxy groups -OCH3 is 2. The molecule has 0 N–H and O–H groups in total. The van der Waals surface area contributed by atoms with Gasteiger partial charge in [-0.1, -0.05) is 24.1 Å². The van der Waals surface area contributed by atoms with Gasteiger partial charge in [0.25, 0.3) is 11.8 Å². The lowest BCUT2D eigenvalue weighted by atomic mass is 9.77. The van der Waals surface area contributed by atoms with E-state index in [4.69, 9.17) is 13.9 Å². The van der Waals surface area contributed by atoms with Gasteiger partial charge in [0.1, 0.15) is 11.5 Å². The van der Waals surface area contributed by atoms with E-state index in [9.17, 15) is 9.59 Å². The van der Waals surface area contributed by atoms with Crippen LogP contribution in [0.5, 0.6) is 11.5 Å². The summed E-state index contributed by atoms with van der Waals surface area (Å²) >= 11 is 0. The number of hydrogen-bond donors (Lipinski definition) is 0. The largest absolute Gasteiger partial charge is 0.497 e. The van der Waals surface area contributed by atoms with Gasteiger partial charge < -0.3 is 23.7 Å². The molecule has 0 atom stereocenters. The van der Waals surface area contributed by atoms with Crippen LogP contribution in [0.3, 0.4) is 0 Å². The summed E-state index contributed by atoms with van der Waals surface area (Å²) in [6.45, 7) is 2.63. The maximum atomic E-state index is 13.3. The van der Waals surface area contributed by atoms with Gasteiger partial charge >= 0.3 is 0 Å². The maximum Gasteiger partial charge on any atom is 0.289 e. The predicted molar refractivity (Wildman–Crippen MR) is 139 cm³/mol. The lowest BCUT2D eigenvalue weighted by molar-refractivity contribution is 0.0557. The number of hydrogen-bond acceptors (Lipinski definition) is 5. The Labute approximate surface area is 217 Å². The van der Waals surface area contributed by atoms with Crippen molar-refractivity contribution in [1.82, 2.24) is 9.80 Å². The van der Waals surface area contributed by atoms with Crippen LogP contribution in [0.15, 0.2) is 65.1 Å². The number of amides is 2. The molecular formula is C30H30N2O5. The van der Waals surface area contributed by atoms with Gasteiger partial charge in [0.2, 0.25) is 0 Å². The van der Waals surface area contributed by atoms with Crippen LogP contribution < -0.4 is 9.47 Å². The zero-order valence-electron chi connectivity index (χ0n) is 21.2. The molecule has 2 aliphatic heterocycles. The highest BCUT2D eigenvalue weighted by molar-refractivity contribution is 5.97. The van der Waals surface area contributed by atoms with Crippen molar-refractivity contribution in [1.29, 1.82) is 0 Å². The molecule has 0 bridgehead atoms. The van der Waals surface area contributed by atoms with Crippen LogP contribution in [0.4, 0.5) is 0 Å². The van der Waals surface area contributed by atoms with Gasteiger partial charge in [-0.3, -0.25) is 9.59 Å². The van der Waals surface area contributed by atoms with E-state index in [2.05, 4.69) is 11.8 Å². The van der Waals surface area contributed by atoms with Gasteiger partial charge in [-0.15, -0.1) is 0 Å². The number of carbonyl (C=O) groups is 2. The smallest absolute Gasteiger partial charge is 0.289 e. The second-order valence-corrected chi connectivity index (χ2v) is 9.62. The third kappa shape index (κ3) is 5.19. The molecule has 2 amide bonds. The van der Waals surface area contributed by atoms with Crippen LogP contribution in [0, 0.1) is 17.3 Å². The Morgan fingerprint density at radius 1 is 0.838 bits per heavy atom. The fraction of sp³-hybridized carbons (Fsp3) is 0.333. The Morgan fingerprint density at radius 3 is 2.27 bits per heavy atom. The molecule has 0 unspecified atom stereocenters. The summed E-state index contributed by atoms with van der Waals surface area (Å²) in [6.07, 6.45) is 2.62. The Morgan fingerprint density at radius 2 is 1.57 bits per heavy atom. The molecule has 5 rings (SSSR count). The molecule has 7 heteroatoms. The first-order valence-corrected chi connectivity index (χ1v) is 12.5. The zero-order chi connectivity index (χ0) is 25.8. The summed E-state index contributed by atoms with van der Waals surface area (Å²) in [5.74, 6) is 7.81. The van der Waals surface area contributed by atoms with Crippen LogP contribution in [-0.2, 0) is 0 Å². The first kappa shape index (κ1) is 24.5. The Hall–Kier alpha value is -4.18. The molecule has 0 radical (unpaired) electrons. The summed E-state index contributed by atoms with van der Waals surface area (Å²) in [6, 6.07) is 18.4. The van der Waals surface area contributed by atoms with E-state index in [1.165, 1.54) is 0 Å². The van der Waals surface area contributed by atoms with E-state index in [1.54, 1.807) is 44.6 Å². The minimum absolute atomic E-state index is 0.0213. The number of piperidine rings is 1. The normalized spacial score (nSPS) is 16.3. The molecule has 0 aliphatic carbocycles. The van der Waals surface area contributed by atoms with Gasteiger partial charge in [0, 0.05) is 31.7 Å². The summed E-state index contributed by atoms with van der Waals surface area (Å²) in [4.78, 5) is 30.1. The van der Waals surface area contributed by atoms with Crippen molar-refractivity contribution in [3.8, 4) is 23.3 Å². The summed E-state index contributed by atoms with van der Waals surface area (Å²) in [5.41, 5.74) is 1.42. The van der Waals surface area contributed by atoms with Crippen LogP contribution in [0.1, 0.15) is 51.5 Å². The minimum Gasteiger partial charge on any atom is -0.497 e. The third-order valence-electron chi connectivity index (χ3n) is 7.39. The molecule has 0 saturated carbocycles. The molecule has 37 heavy (non-hydrogen) atoms. The first-order valence-electron chi connectivity index (χ1n) is 12.5. The Bertz CT molecular complexity index is 1340. The molecule has 3 aromatic rings. The van der Waals surface area contributed by atoms with E-state index >= 15 is 0 Å². The number of carbonyl (C=O) groups excluding carboxylic acids is 2. The minimum atomic E-state index is -0.107. The van der Waals surface area contributed by atoms with Gasteiger partial charge in [0.15, 0.2) is 11.5 Å².